The van der Waals surface area contributed by atoms with Gasteiger partial charge in [-0.3, -0.25) is 19.2 Å². The van der Waals surface area contributed by atoms with Crippen molar-refractivity contribution in [3.05, 3.63) is 35.4 Å². The molecule has 4 amide bonds. The van der Waals surface area contributed by atoms with Crippen LogP contribution in [0, 0.1) is 5.41 Å². The van der Waals surface area contributed by atoms with Crippen LogP contribution in [0.4, 0.5) is 0 Å². The molecular formula is C27H41N5O4. The van der Waals surface area contributed by atoms with E-state index in [0.717, 1.165) is 24.8 Å². The summed E-state index contributed by atoms with van der Waals surface area (Å²) < 4.78 is 0. The fraction of sp³-hybridized carbons (Fsp3) is 0.630. The van der Waals surface area contributed by atoms with E-state index in [-0.39, 0.29) is 42.3 Å². The number of aryl methyl sites for hydroxylation is 1. The molecule has 9 heteroatoms. The summed E-state index contributed by atoms with van der Waals surface area (Å²) in [7, 11) is 1.68. The molecule has 0 radical (unpaired) electrons. The van der Waals surface area contributed by atoms with Gasteiger partial charge in [0.1, 0.15) is 12.1 Å². The minimum atomic E-state index is -0.831. The highest BCUT2D eigenvalue weighted by molar-refractivity contribution is 5.94. The number of carbonyl (C=O) groups excluding carboxylic acids is 4. The van der Waals surface area contributed by atoms with Crippen molar-refractivity contribution in [3.63, 3.8) is 0 Å². The van der Waals surface area contributed by atoms with Gasteiger partial charge >= 0.3 is 0 Å². The number of carbonyl (C=O) groups is 4. The summed E-state index contributed by atoms with van der Waals surface area (Å²) in [6, 6.07) is 5.62. The minimum absolute atomic E-state index is 0.117. The summed E-state index contributed by atoms with van der Waals surface area (Å²) in [5.74, 6) is -1.06. The Morgan fingerprint density at radius 2 is 1.78 bits per heavy atom. The molecule has 5 atom stereocenters. The summed E-state index contributed by atoms with van der Waals surface area (Å²) in [5.41, 5.74) is 1.77. The lowest BCUT2D eigenvalue weighted by Gasteiger charge is -2.36. The van der Waals surface area contributed by atoms with Gasteiger partial charge < -0.3 is 26.2 Å². The van der Waals surface area contributed by atoms with E-state index in [4.69, 9.17) is 0 Å². The Hall–Kier alpha value is -2.94. The van der Waals surface area contributed by atoms with Crippen molar-refractivity contribution in [2.75, 3.05) is 13.6 Å². The van der Waals surface area contributed by atoms with Crippen molar-refractivity contribution < 1.29 is 19.2 Å². The van der Waals surface area contributed by atoms with Gasteiger partial charge in [-0.15, -0.1) is 0 Å². The van der Waals surface area contributed by atoms with Gasteiger partial charge in [0.05, 0.1) is 12.1 Å². The van der Waals surface area contributed by atoms with Crippen LogP contribution in [0.2, 0.25) is 0 Å². The number of benzene rings is 1. The normalized spacial score (nSPS) is 23.3. The molecule has 2 aliphatic rings. The molecule has 0 spiro atoms. The van der Waals surface area contributed by atoms with E-state index in [1.54, 1.807) is 14.0 Å². The maximum Gasteiger partial charge on any atom is 0.246 e. The Labute approximate surface area is 214 Å². The van der Waals surface area contributed by atoms with E-state index in [2.05, 4.69) is 27.3 Å². The van der Waals surface area contributed by atoms with E-state index in [0.29, 0.717) is 6.42 Å². The zero-order valence-corrected chi connectivity index (χ0v) is 22.3. The molecule has 4 N–H and O–H groups in total. The summed E-state index contributed by atoms with van der Waals surface area (Å²) in [6.45, 7) is 9.01. The Balaban J connectivity index is 1.85. The Kier molecular flexibility index (Phi) is 8.76. The lowest BCUT2D eigenvalue weighted by Crippen LogP contribution is -2.59. The number of likely N-dealkylation sites (tertiary alicyclic amines) is 1. The molecule has 1 aromatic rings. The van der Waals surface area contributed by atoms with Crippen molar-refractivity contribution in [1.29, 1.82) is 0 Å². The minimum Gasteiger partial charge on any atom is -0.352 e. The smallest absolute Gasteiger partial charge is 0.246 e. The first-order valence-corrected chi connectivity index (χ1v) is 12.9. The standard InChI is InChI=1S/C27H41N5O4/c1-16(28-6)24(34)31-23(27(3,4)5)26(36)32-15-19(29-17(2)33)14-22(32)25(35)30-21-13-9-11-18-10-7-8-12-20(18)21/h7-8,10,12,16,19,21-23,28H,9,11,13-15H2,1-6H3,(H,29,33)(H,30,35)(H,31,34)/t16-,19-,21+,22-,23+/m0/s1. The summed E-state index contributed by atoms with van der Waals surface area (Å²) >= 11 is 0. The van der Waals surface area contributed by atoms with Crippen LogP contribution in [0.15, 0.2) is 24.3 Å². The van der Waals surface area contributed by atoms with Crippen molar-refractivity contribution in [2.24, 2.45) is 5.41 Å². The largest absolute Gasteiger partial charge is 0.352 e. The maximum absolute atomic E-state index is 13.9. The van der Waals surface area contributed by atoms with Gasteiger partial charge in [0, 0.05) is 19.5 Å². The van der Waals surface area contributed by atoms with Crippen molar-refractivity contribution in [3.8, 4) is 0 Å². The first-order chi connectivity index (χ1) is 16.9. The number of likely N-dealkylation sites (N-methyl/N-ethyl adjacent to an activating group) is 1. The van der Waals surface area contributed by atoms with E-state index < -0.39 is 23.5 Å². The third-order valence-corrected chi connectivity index (χ3v) is 7.21. The maximum atomic E-state index is 13.9. The van der Waals surface area contributed by atoms with Crippen LogP contribution in [0.5, 0.6) is 0 Å². The molecule has 0 aromatic heterocycles. The van der Waals surface area contributed by atoms with Crippen LogP contribution in [0.25, 0.3) is 0 Å². The zero-order valence-electron chi connectivity index (χ0n) is 22.3. The van der Waals surface area contributed by atoms with Gasteiger partial charge in [0.2, 0.25) is 23.6 Å². The second kappa shape index (κ2) is 11.4. The number of amides is 4. The summed E-state index contributed by atoms with van der Waals surface area (Å²) in [4.78, 5) is 53.5. The van der Waals surface area contributed by atoms with Gasteiger partial charge in [0.25, 0.3) is 0 Å². The average molecular weight is 500 g/mol. The van der Waals surface area contributed by atoms with Gasteiger partial charge in [0.15, 0.2) is 0 Å². The molecule has 1 heterocycles. The Morgan fingerprint density at radius 1 is 1.08 bits per heavy atom. The number of hydrogen-bond donors (Lipinski definition) is 4. The molecule has 1 aliphatic heterocycles. The molecule has 0 unspecified atom stereocenters. The Bertz CT molecular complexity index is 989. The van der Waals surface area contributed by atoms with Gasteiger partial charge in [-0.25, -0.2) is 0 Å². The molecular weight excluding hydrogens is 458 g/mol. The topological polar surface area (TPSA) is 120 Å². The molecule has 3 rings (SSSR count). The molecule has 198 valence electrons. The number of nitrogens with one attached hydrogen (secondary N) is 4. The number of hydrogen-bond acceptors (Lipinski definition) is 5. The lowest BCUT2D eigenvalue weighted by molar-refractivity contribution is -0.144. The highest BCUT2D eigenvalue weighted by Crippen LogP contribution is 2.31. The zero-order chi connectivity index (χ0) is 26.6. The van der Waals surface area contributed by atoms with Crippen molar-refractivity contribution >= 4 is 23.6 Å². The second-order valence-electron chi connectivity index (χ2n) is 11.1. The molecule has 0 saturated carbocycles. The fourth-order valence-electron chi connectivity index (χ4n) is 5.10. The monoisotopic (exact) mass is 499 g/mol. The predicted octanol–water partition coefficient (Wildman–Crippen LogP) is 1.42. The van der Waals surface area contributed by atoms with Crippen molar-refractivity contribution in [1.82, 2.24) is 26.2 Å². The first kappa shape index (κ1) is 27.6. The van der Waals surface area contributed by atoms with Crippen LogP contribution < -0.4 is 21.3 Å². The van der Waals surface area contributed by atoms with Crippen molar-refractivity contribution in [2.45, 2.75) is 90.5 Å². The Morgan fingerprint density at radius 3 is 2.42 bits per heavy atom. The van der Waals surface area contributed by atoms with Gasteiger partial charge in [-0.2, -0.15) is 0 Å². The van der Waals surface area contributed by atoms with Crippen LogP contribution in [-0.4, -0.2) is 66.3 Å². The van der Waals surface area contributed by atoms with Gasteiger partial charge in [-0.05, 0) is 56.2 Å². The SMILES string of the molecule is CN[C@@H](C)C(=O)N[C@H](C(=O)N1C[C@@H](NC(C)=O)C[C@H]1C(=O)N[C@@H]1CCCc2ccccc21)C(C)(C)C. The molecule has 0 bridgehead atoms. The van der Waals surface area contributed by atoms with E-state index in [1.807, 2.05) is 39.0 Å². The van der Waals surface area contributed by atoms with Gasteiger partial charge in [-0.1, -0.05) is 45.0 Å². The van der Waals surface area contributed by atoms with Crippen LogP contribution in [-0.2, 0) is 25.6 Å². The lowest BCUT2D eigenvalue weighted by atomic mass is 9.85. The molecule has 1 aromatic carbocycles. The summed E-state index contributed by atoms with van der Waals surface area (Å²) in [6.07, 6.45) is 3.12. The number of fused-ring (bicyclic) bond motifs is 1. The number of nitrogens with zero attached hydrogens (tertiary/aromatic N) is 1. The first-order valence-electron chi connectivity index (χ1n) is 12.9. The second-order valence-corrected chi connectivity index (χ2v) is 11.1. The molecule has 1 saturated heterocycles. The molecule has 1 fully saturated rings. The third-order valence-electron chi connectivity index (χ3n) is 7.21. The average Bonchev–Trinajstić information content (AvgIpc) is 3.24. The molecule has 9 nitrogen and oxygen atoms in total. The fourth-order valence-corrected chi connectivity index (χ4v) is 5.10. The van der Waals surface area contributed by atoms with Crippen LogP contribution in [0.1, 0.15) is 71.0 Å². The quantitative estimate of drug-likeness (QED) is 0.452. The third kappa shape index (κ3) is 6.43. The van der Waals surface area contributed by atoms with E-state index in [9.17, 15) is 19.2 Å². The highest BCUT2D eigenvalue weighted by Gasteiger charge is 2.45. The van der Waals surface area contributed by atoms with E-state index in [1.165, 1.54) is 17.4 Å². The summed E-state index contributed by atoms with van der Waals surface area (Å²) in [5, 5.41) is 11.8. The van der Waals surface area contributed by atoms with Crippen LogP contribution in [0.3, 0.4) is 0 Å². The van der Waals surface area contributed by atoms with Crippen LogP contribution >= 0.6 is 0 Å². The predicted molar refractivity (Wildman–Crippen MR) is 138 cm³/mol. The number of rotatable bonds is 7. The molecule has 36 heavy (non-hydrogen) atoms. The van der Waals surface area contributed by atoms with E-state index >= 15 is 0 Å². The molecule has 1 aliphatic carbocycles. The highest BCUT2D eigenvalue weighted by atomic mass is 16.2.